The second-order valence-electron chi connectivity index (χ2n) is 6.37. The van der Waals surface area contributed by atoms with E-state index >= 15 is 0 Å². The maximum Gasteiger partial charge on any atom is 0.305 e. The number of hydrogen-bond acceptors (Lipinski definition) is 3. The lowest BCUT2D eigenvalue weighted by Crippen LogP contribution is -2.30. The van der Waals surface area contributed by atoms with Crippen molar-refractivity contribution in [3.05, 3.63) is 65.5 Å². The lowest BCUT2D eigenvalue weighted by atomic mass is 10.0. The molecule has 1 saturated heterocycles. The third-order valence-corrected chi connectivity index (χ3v) is 4.47. The van der Waals surface area contributed by atoms with E-state index in [9.17, 15) is 18.8 Å². The van der Waals surface area contributed by atoms with Gasteiger partial charge in [0.1, 0.15) is 5.82 Å². The van der Waals surface area contributed by atoms with Gasteiger partial charge >= 0.3 is 5.97 Å². The van der Waals surface area contributed by atoms with Gasteiger partial charge in [-0.25, -0.2) is 4.39 Å². The van der Waals surface area contributed by atoms with Crippen LogP contribution < -0.4 is 10.2 Å². The fourth-order valence-corrected chi connectivity index (χ4v) is 3.08. The van der Waals surface area contributed by atoms with Crippen LogP contribution in [-0.2, 0) is 9.59 Å². The lowest BCUT2D eigenvalue weighted by molar-refractivity contribution is -0.137. The van der Waals surface area contributed by atoms with Gasteiger partial charge in [-0.3, -0.25) is 14.4 Å². The Balaban J connectivity index is 1.74. The minimum absolute atomic E-state index is 0.0602. The van der Waals surface area contributed by atoms with E-state index in [4.69, 9.17) is 5.11 Å². The van der Waals surface area contributed by atoms with Crippen LogP contribution in [0.2, 0.25) is 0 Å². The topological polar surface area (TPSA) is 86.7 Å². The van der Waals surface area contributed by atoms with Crippen molar-refractivity contribution >= 4 is 23.5 Å². The van der Waals surface area contributed by atoms with Crippen LogP contribution in [0.4, 0.5) is 10.1 Å². The van der Waals surface area contributed by atoms with Crippen LogP contribution in [0.5, 0.6) is 0 Å². The lowest BCUT2D eigenvalue weighted by Gasteiger charge is -2.19. The molecule has 2 amide bonds. The average Bonchev–Trinajstić information content (AvgIpc) is 3.07. The van der Waals surface area contributed by atoms with Gasteiger partial charge in [-0.05, 0) is 48.4 Å². The van der Waals surface area contributed by atoms with Gasteiger partial charge in [0.05, 0.1) is 12.5 Å². The molecule has 0 radical (unpaired) electrons. The molecule has 2 N–H and O–H groups in total. The fourth-order valence-electron chi connectivity index (χ4n) is 3.08. The van der Waals surface area contributed by atoms with Gasteiger partial charge in [-0.15, -0.1) is 0 Å². The van der Waals surface area contributed by atoms with Crippen LogP contribution in [0.25, 0.3) is 0 Å². The largest absolute Gasteiger partial charge is 0.481 e. The molecule has 0 aliphatic carbocycles. The van der Waals surface area contributed by atoms with E-state index in [-0.39, 0.29) is 12.3 Å². The van der Waals surface area contributed by atoms with Crippen LogP contribution in [0.15, 0.2) is 48.5 Å². The van der Waals surface area contributed by atoms with Crippen molar-refractivity contribution in [1.82, 2.24) is 5.32 Å². The second kappa shape index (κ2) is 7.99. The molecule has 1 aliphatic rings. The highest BCUT2D eigenvalue weighted by Crippen LogP contribution is 2.22. The Bertz CT molecular complexity index is 849. The van der Waals surface area contributed by atoms with Crippen LogP contribution in [-0.4, -0.2) is 29.4 Å². The number of benzene rings is 2. The molecule has 1 heterocycles. The van der Waals surface area contributed by atoms with Crippen molar-refractivity contribution in [3.63, 3.8) is 0 Å². The van der Waals surface area contributed by atoms with Gasteiger partial charge in [0.15, 0.2) is 0 Å². The van der Waals surface area contributed by atoms with E-state index < -0.39 is 23.7 Å². The van der Waals surface area contributed by atoms with Crippen molar-refractivity contribution in [2.75, 3.05) is 11.4 Å². The van der Waals surface area contributed by atoms with E-state index in [2.05, 4.69) is 5.32 Å². The molecular formula is C20H19FN2O4. The number of carboxylic acid groups (broad SMARTS) is 1. The van der Waals surface area contributed by atoms with E-state index in [0.717, 1.165) is 12.1 Å². The van der Waals surface area contributed by atoms with Crippen LogP contribution >= 0.6 is 0 Å². The van der Waals surface area contributed by atoms with E-state index in [1.165, 1.54) is 24.3 Å². The standard InChI is InChI=1S/C20H19FN2O4/c21-15-7-3-13(4-8-15)17(12-19(25)26)22-20(27)14-5-9-16(10-6-14)23-11-1-2-18(23)24/h3-10,17H,1-2,11-12H2,(H,22,27)(H,25,26)/t17-/m1/s1. The number of nitrogens with zero attached hydrogens (tertiary/aromatic N) is 1. The molecule has 6 nitrogen and oxygen atoms in total. The van der Waals surface area contributed by atoms with Gasteiger partial charge in [-0.1, -0.05) is 12.1 Å². The number of hydrogen-bond donors (Lipinski definition) is 2. The molecular weight excluding hydrogens is 351 g/mol. The highest BCUT2D eigenvalue weighted by Gasteiger charge is 2.22. The summed E-state index contributed by atoms with van der Waals surface area (Å²) in [5.41, 5.74) is 1.59. The summed E-state index contributed by atoms with van der Waals surface area (Å²) in [4.78, 5) is 37.1. The van der Waals surface area contributed by atoms with Crippen molar-refractivity contribution < 1.29 is 23.9 Å². The summed E-state index contributed by atoms with van der Waals surface area (Å²) >= 11 is 0. The number of carbonyl (C=O) groups is 3. The van der Waals surface area contributed by atoms with Crippen molar-refractivity contribution in [2.24, 2.45) is 0 Å². The van der Waals surface area contributed by atoms with E-state index in [1.807, 2.05) is 0 Å². The first-order valence-corrected chi connectivity index (χ1v) is 8.62. The predicted molar refractivity (Wildman–Crippen MR) is 96.9 cm³/mol. The zero-order valence-corrected chi connectivity index (χ0v) is 14.5. The van der Waals surface area contributed by atoms with Gasteiger partial charge in [0.25, 0.3) is 5.91 Å². The second-order valence-corrected chi connectivity index (χ2v) is 6.37. The van der Waals surface area contributed by atoms with Crippen LogP contribution in [0, 0.1) is 5.82 Å². The zero-order chi connectivity index (χ0) is 19.4. The zero-order valence-electron chi connectivity index (χ0n) is 14.5. The fraction of sp³-hybridized carbons (Fsp3) is 0.250. The SMILES string of the molecule is O=C(O)C[C@@H](NC(=O)c1ccc(N2CCCC2=O)cc1)c1ccc(F)cc1. The molecule has 2 aromatic rings. The summed E-state index contributed by atoms with van der Waals surface area (Å²) < 4.78 is 13.1. The first-order chi connectivity index (χ1) is 12.9. The Morgan fingerprint density at radius 2 is 1.78 bits per heavy atom. The molecule has 0 saturated carbocycles. The summed E-state index contributed by atoms with van der Waals surface area (Å²) in [6, 6.07) is 11.1. The minimum Gasteiger partial charge on any atom is -0.481 e. The Hall–Kier alpha value is -3.22. The number of anilines is 1. The molecule has 1 fully saturated rings. The van der Waals surface area contributed by atoms with Gasteiger partial charge in [-0.2, -0.15) is 0 Å². The smallest absolute Gasteiger partial charge is 0.305 e. The highest BCUT2D eigenvalue weighted by atomic mass is 19.1. The van der Waals surface area contributed by atoms with Gasteiger partial charge in [0, 0.05) is 24.2 Å². The normalized spacial score (nSPS) is 14.9. The van der Waals surface area contributed by atoms with E-state index in [1.54, 1.807) is 29.2 Å². The Morgan fingerprint density at radius 3 is 2.33 bits per heavy atom. The molecule has 0 unspecified atom stereocenters. The van der Waals surface area contributed by atoms with Crippen molar-refractivity contribution in [1.29, 1.82) is 0 Å². The maximum atomic E-state index is 13.1. The van der Waals surface area contributed by atoms with Gasteiger partial charge in [0.2, 0.25) is 5.91 Å². The maximum absolute atomic E-state index is 13.1. The number of nitrogens with one attached hydrogen (secondary N) is 1. The predicted octanol–water partition coefficient (Wildman–Crippen LogP) is 2.90. The third-order valence-electron chi connectivity index (χ3n) is 4.47. The Labute approximate surface area is 155 Å². The van der Waals surface area contributed by atoms with Crippen LogP contribution in [0.1, 0.15) is 41.2 Å². The highest BCUT2D eigenvalue weighted by molar-refractivity contribution is 5.97. The molecule has 140 valence electrons. The first-order valence-electron chi connectivity index (χ1n) is 8.62. The van der Waals surface area contributed by atoms with Crippen LogP contribution in [0.3, 0.4) is 0 Å². The summed E-state index contributed by atoms with van der Waals surface area (Å²) in [5, 5.41) is 11.8. The third kappa shape index (κ3) is 4.49. The molecule has 7 heteroatoms. The number of aliphatic carboxylic acids is 1. The molecule has 2 aromatic carbocycles. The molecule has 0 spiro atoms. The van der Waals surface area contributed by atoms with E-state index in [0.29, 0.717) is 24.1 Å². The summed E-state index contributed by atoms with van der Waals surface area (Å²) in [7, 11) is 0. The molecule has 3 rings (SSSR count). The number of halogens is 1. The number of rotatable bonds is 6. The Kier molecular flexibility index (Phi) is 5.49. The molecule has 1 atom stereocenters. The summed E-state index contributed by atoms with van der Waals surface area (Å²) in [5.74, 6) is -1.89. The summed E-state index contributed by atoms with van der Waals surface area (Å²) in [6.07, 6.45) is 1.02. The number of carbonyl (C=O) groups excluding carboxylic acids is 2. The molecule has 27 heavy (non-hydrogen) atoms. The Morgan fingerprint density at radius 1 is 1.11 bits per heavy atom. The molecule has 0 aromatic heterocycles. The molecule has 1 aliphatic heterocycles. The number of amides is 2. The molecule has 0 bridgehead atoms. The number of carboxylic acids is 1. The van der Waals surface area contributed by atoms with Crippen molar-refractivity contribution in [2.45, 2.75) is 25.3 Å². The van der Waals surface area contributed by atoms with Crippen molar-refractivity contribution in [3.8, 4) is 0 Å². The quantitative estimate of drug-likeness (QED) is 0.819. The average molecular weight is 370 g/mol. The van der Waals surface area contributed by atoms with Gasteiger partial charge < -0.3 is 15.3 Å². The monoisotopic (exact) mass is 370 g/mol. The summed E-state index contributed by atoms with van der Waals surface area (Å²) in [6.45, 7) is 0.662. The first kappa shape index (κ1) is 18.6. The minimum atomic E-state index is -1.08.